The number of alkyl halides is 2. The normalized spacial score (nSPS) is 28.4. The number of likely N-dealkylation sites (tertiary alicyclic amines) is 1. The molecule has 7 rings (SSSR count). The van der Waals surface area contributed by atoms with Gasteiger partial charge in [0.05, 0.1) is 16.9 Å². The molecule has 4 aliphatic rings. The van der Waals surface area contributed by atoms with Gasteiger partial charge in [0, 0.05) is 10.2 Å². The number of halogens is 4. The van der Waals surface area contributed by atoms with Crippen LogP contribution < -0.4 is 5.32 Å². The zero-order valence-corrected chi connectivity index (χ0v) is 22.6. The number of anilines is 1. The van der Waals surface area contributed by atoms with E-state index >= 15 is 0 Å². The van der Waals surface area contributed by atoms with Crippen molar-refractivity contribution in [3.8, 4) is 0 Å². The molecule has 1 fully saturated rings. The summed E-state index contributed by atoms with van der Waals surface area (Å²) in [6.07, 6.45) is 0. The summed E-state index contributed by atoms with van der Waals surface area (Å²) in [4.78, 5) is 39.6. The molecule has 2 bridgehead atoms. The van der Waals surface area contributed by atoms with Crippen LogP contribution in [-0.2, 0) is 24.1 Å². The number of nitrogens with zero attached hydrogens (tertiary/aromatic N) is 1. The van der Waals surface area contributed by atoms with Crippen molar-refractivity contribution >= 4 is 74.1 Å². The van der Waals surface area contributed by atoms with Crippen LogP contribution in [0, 0.1) is 11.8 Å². The lowest BCUT2D eigenvalue weighted by molar-refractivity contribution is -0.146. The van der Waals surface area contributed by atoms with Gasteiger partial charge in [0.25, 0.3) is 0 Å². The zero-order valence-electron chi connectivity index (χ0n) is 18.8. The molecule has 1 N–H and O–H groups in total. The van der Waals surface area contributed by atoms with Crippen LogP contribution in [0.3, 0.4) is 0 Å². The molecule has 3 aliphatic carbocycles. The summed E-state index contributed by atoms with van der Waals surface area (Å²) in [7, 11) is 0. The predicted octanol–water partition coefficient (Wildman–Crippen LogP) is 6.02. The van der Waals surface area contributed by atoms with Gasteiger partial charge in [-0.3, -0.25) is 19.3 Å². The third-order valence-electron chi connectivity index (χ3n) is 7.57. The molecule has 0 aromatic heterocycles. The summed E-state index contributed by atoms with van der Waals surface area (Å²) < 4.78 is 0.679. The van der Waals surface area contributed by atoms with Crippen LogP contribution in [0.2, 0.25) is 5.02 Å². The first-order valence-electron chi connectivity index (χ1n) is 11.3. The van der Waals surface area contributed by atoms with Gasteiger partial charge in [-0.25, -0.2) is 0 Å². The molecule has 36 heavy (non-hydrogen) atoms. The van der Waals surface area contributed by atoms with Crippen LogP contribution in [0.1, 0.15) is 29.2 Å². The Morgan fingerprint density at radius 3 is 1.75 bits per heavy atom. The second kappa shape index (κ2) is 8.06. The Morgan fingerprint density at radius 2 is 1.33 bits per heavy atom. The minimum absolute atomic E-state index is 0.417. The van der Waals surface area contributed by atoms with Crippen molar-refractivity contribution in [2.24, 2.45) is 11.8 Å². The Hall–Kier alpha value is -2.38. The van der Waals surface area contributed by atoms with Crippen molar-refractivity contribution in [3.05, 3.63) is 98.5 Å². The lowest BCUT2D eigenvalue weighted by Crippen LogP contribution is -2.57. The predicted molar refractivity (Wildman–Crippen MR) is 142 cm³/mol. The highest BCUT2D eigenvalue weighted by molar-refractivity contribution is 9.10. The first-order valence-corrected chi connectivity index (χ1v) is 13.2. The molecule has 0 saturated carbocycles. The number of carbonyl (C=O) groups excluding carboxylic acids is 3. The second-order valence-electron chi connectivity index (χ2n) is 9.31. The summed E-state index contributed by atoms with van der Waals surface area (Å²) in [6.45, 7) is 1.52. The number of carbonyl (C=O) groups is 3. The van der Waals surface area contributed by atoms with Crippen LogP contribution in [0.15, 0.2) is 71.2 Å². The Labute approximate surface area is 230 Å². The lowest BCUT2D eigenvalue weighted by Gasteiger charge is -2.54. The van der Waals surface area contributed by atoms with Crippen molar-refractivity contribution in [1.82, 2.24) is 4.90 Å². The van der Waals surface area contributed by atoms with Crippen LogP contribution in [0.4, 0.5) is 5.69 Å². The van der Waals surface area contributed by atoms with Gasteiger partial charge in [-0.05, 0) is 63.3 Å². The van der Waals surface area contributed by atoms with E-state index < -0.39 is 45.3 Å². The minimum atomic E-state index is -1.29. The van der Waals surface area contributed by atoms with E-state index in [2.05, 4.69) is 21.2 Å². The Balaban J connectivity index is 1.43. The Morgan fingerprint density at radius 1 is 0.889 bits per heavy atom. The van der Waals surface area contributed by atoms with Gasteiger partial charge < -0.3 is 5.32 Å². The highest BCUT2D eigenvalue weighted by atomic mass is 79.9. The standard InChI is InChI=1S/C27H18BrCl3N2O3/c1-13(23(34)32-14-10-11-19(28)20(29)12-14)33-24(35)21-22(25(33)36)27(31)16-7-3-2-6-15(16)26(21,30)17-8-4-5-9-18(17)27/h2-13,21-22H,1H3,(H,32,34)/t13-,21-,22+,26?,27?/m0/s1. The van der Waals surface area contributed by atoms with Gasteiger partial charge in [-0.15, -0.1) is 23.2 Å². The maximum Gasteiger partial charge on any atom is 0.247 e. The van der Waals surface area contributed by atoms with Crippen molar-refractivity contribution in [2.75, 3.05) is 5.32 Å². The Kier molecular flexibility index (Phi) is 5.37. The van der Waals surface area contributed by atoms with E-state index in [0.29, 0.717) is 37.4 Å². The number of hydrogen-bond donors (Lipinski definition) is 1. The number of benzene rings is 3. The number of amides is 3. The fourth-order valence-electron chi connectivity index (χ4n) is 6.01. The molecule has 1 aliphatic heterocycles. The summed E-state index contributed by atoms with van der Waals surface area (Å²) in [5, 5.41) is 3.16. The first kappa shape index (κ1) is 24.0. The van der Waals surface area contributed by atoms with Crippen LogP contribution >= 0.6 is 50.7 Å². The van der Waals surface area contributed by atoms with Crippen LogP contribution in [0.25, 0.3) is 0 Å². The van der Waals surface area contributed by atoms with Crippen LogP contribution in [-0.4, -0.2) is 28.7 Å². The third kappa shape index (κ3) is 2.93. The zero-order chi connectivity index (χ0) is 25.6. The summed E-state index contributed by atoms with van der Waals surface area (Å²) in [5.74, 6) is -3.45. The molecular weight excluding hydrogens is 587 g/mol. The molecule has 0 radical (unpaired) electrons. The smallest absolute Gasteiger partial charge is 0.247 e. The van der Waals surface area contributed by atoms with E-state index in [1.54, 1.807) is 18.2 Å². The highest BCUT2D eigenvalue weighted by Crippen LogP contribution is 2.69. The number of nitrogens with one attached hydrogen (secondary N) is 1. The van der Waals surface area contributed by atoms with E-state index in [4.69, 9.17) is 34.8 Å². The van der Waals surface area contributed by atoms with E-state index in [9.17, 15) is 14.4 Å². The average Bonchev–Trinajstić information content (AvgIpc) is 3.15. The molecule has 3 amide bonds. The molecule has 182 valence electrons. The number of imide groups is 1. The topological polar surface area (TPSA) is 66.5 Å². The molecule has 1 saturated heterocycles. The molecule has 3 aromatic rings. The maximum atomic E-state index is 14.0. The van der Waals surface area contributed by atoms with Gasteiger partial charge in [0.15, 0.2) is 0 Å². The molecule has 0 unspecified atom stereocenters. The molecule has 3 atom stereocenters. The highest BCUT2D eigenvalue weighted by Gasteiger charge is 2.73. The molecule has 3 aromatic carbocycles. The number of rotatable bonds is 3. The molecule has 1 heterocycles. The SMILES string of the molecule is C[C@@H](C(=O)Nc1ccc(Br)c(Cl)c1)N1C(=O)[C@@H]2[C@H](C1=O)C1(Cl)c3ccccc3C2(Cl)c2ccccc21. The largest absolute Gasteiger partial charge is 0.324 e. The maximum absolute atomic E-state index is 14.0. The van der Waals surface area contributed by atoms with Gasteiger partial charge >= 0.3 is 0 Å². The van der Waals surface area contributed by atoms with Crippen molar-refractivity contribution in [2.45, 2.75) is 22.7 Å². The van der Waals surface area contributed by atoms with Crippen molar-refractivity contribution < 1.29 is 14.4 Å². The van der Waals surface area contributed by atoms with E-state index in [1.165, 1.54) is 6.92 Å². The molecule has 9 heteroatoms. The summed E-state index contributed by atoms with van der Waals surface area (Å²) in [5.41, 5.74) is 3.30. The first-order chi connectivity index (χ1) is 17.1. The summed E-state index contributed by atoms with van der Waals surface area (Å²) in [6, 6.07) is 18.7. The minimum Gasteiger partial charge on any atom is -0.324 e. The molecule has 5 nitrogen and oxygen atoms in total. The fourth-order valence-corrected chi connectivity index (χ4v) is 7.53. The second-order valence-corrected chi connectivity index (χ2v) is 11.8. The van der Waals surface area contributed by atoms with Crippen molar-refractivity contribution in [1.29, 1.82) is 0 Å². The van der Waals surface area contributed by atoms with E-state index in [0.717, 1.165) is 4.90 Å². The quantitative estimate of drug-likeness (QED) is 0.294. The average molecular weight is 605 g/mol. The lowest BCUT2D eigenvalue weighted by atomic mass is 9.54. The number of hydrogen-bond acceptors (Lipinski definition) is 3. The van der Waals surface area contributed by atoms with Gasteiger partial charge in [0.2, 0.25) is 17.7 Å². The molecule has 0 spiro atoms. The van der Waals surface area contributed by atoms with E-state index in [-0.39, 0.29) is 0 Å². The monoisotopic (exact) mass is 602 g/mol. The van der Waals surface area contributed by atoms with Crippen molar-refractivity contribution in [3.63, 3.8) is 0 Å². The Bertz CT molecular complexity index is 1370. The fraction of sp³-hybridized carbons (Fsp3) is 0.222. The van der Waals surface area contributed by atoms with Gasteiger partial charge in [-0.1, -0.05) is 60.1 Å². The van der Waals surface area contributed by atoms with Crippen LogP contribution in [0.5, 0.6) is 0 Å². The van der Waals surface area contributed by atoms with Gasteiger partial charge in [0.1, 0.15) is 15.8 Å². The third-order valence-corrected chi connectivity index (χ3v) is 10.1. The summed E-state index contributed by atoms with van der Waals surface area (Å²) >= 11 is 24.3. The van der Waals surface area contributed by atoms with E-state index in [1.807, 2.05) is 48.5 Å². The van der Waals surface area contributed by atoms with Gasteiger partial charge in [-0.2, -0.15) is 0 Å². The molecular formula is C27H18BrCl3N2O3.